The summed E-state index contributed by atoms with van der Waals surface area (Å²) in [5, 5.41) is 1.77. The number of methoxy groups -OCH3 is 1. The summed E-state index contributed by atoms with van der Waals surface area (Å²) in [6.07, 6.45) is 0. The second kappa shape index (κ2) is 5.56. The van der Waals surface area contributed by atoms with E-state index in [0.717, 1.165) is 34.7 Å². The molecule has 0 saturated heterocycles. The fraction of sp³-hybridized carbons (Fsp3) is 0.0556. The Labute approximate surface area is 126 Å². The Morgan fingerprint density at radius 1 is 0.818 bits per heavy atom. The molecule has 4 heteroatoms. The first-order valence-corrected chi connectivity index (χ1v) is 6.65. The Bertz CT molecular complexity index is 852. The Balaban J connectivity index is 2.04. The van der Waals surface area contributed by atoms with Crippen LogP contribution in [0, 0.1) is 11.6 Å². The summed E-state index contributed by atoms with van der Waals surface area (Å²) in [5.74, 6) is -1.24. The summed E-state index contributed by atoms with van der Waals surface area (Å²) in [7, 11) is 1.58. The van der Waals surface area contributed by atoms with Gasteiger partial charge in [-0.15, -0.1) is 0 Å². The molecule has 0 unspecified atom stereocenters. The van der Waals surface area contributed by atoms with E-state index in [4.69, 9.17) is 4.74 Å². The van der Waals surface area contributed by atoms with Gasteiger partial charge >= 0.3 is 0 Å². The average molecular weight is 298 g/mol. The van der Waals surface area contributed by atoms with E-state index in [1.54, 1.807) is 31.4 Å². The monoisotopic (exact) mass is 298 g/mol. The van der Waals surface area contributed by atoms with E-state index >= 15 is 0 Å². The van der Waals surface area contributed by atoms with Gasteiger partial charge in [0, 0.05) is 17.2 Å². The summed E-state index contributed by atoms with van der Waals surface area (Å²) in [6, 6.07) is 13.4. The molecule has 0 aliphatic heterocycles. The highest BCUT2D eigenvalue weighted by molar-refractivity contribution is 6.10. The highest BCUT2D eigenvalue weighted by Crippen LogP contribution is 2.23. The average Bonchev–Trinajstić information content (AvgIpc) is 2.52. The van der Waals surface area contributed by atoms with Gasteiger partial charge in [0.2, 0.25) is 0 Å². The third-order valence-electron chi connectivity index (χ3n) is 3.43. The number of ketones is 1. The fourth-order valence-corrected chi connectivity index (χ4v) is 2.34. The maximum atomic E-state index is 13.2. The number of benzene rings is 3. The van der Waals surface area contributed by atoms with Crippen molar-refractivity contribution in [1.82, 2.24) is 0 Å². The lowest BCUT2D eigenvalue weighted by atomic mass is 9.99. The lowest BCUT2D eigenvalue weighted by Crippen LogP contribution is -2.02. The van der Waals surface area contributed by atoms with Gasteiger partial charge in [0.05, 0.1) is 7.11 Å². The van der Waals surface area contributed by atoms with E-state index in [9.17, 15) is 13.6 Å². The van der Waals surface area contributed by atoms with Gasteiger partial charge in [-0.05, 0) is 41.1 Å². The molecule has 0 aliphatic carbocycles. The Morgan fingerprint density at radius 2 is 1.45 bits per heavy atom. The number of ether oxygens (including phenoxy) is 1. The molecule has 22 heavy (non-hydrogen) atoms. The van der Waals surface area contributed by atoms with Crippen molar-refractivity contribution >= 4 is 16.6 Å². The van der Waals surface area contributed by atoms with Crippen LogP contribution in [-0.2, 0) is 0 Å². The molecule has 3 aromatic rings. The van der Waals surface area contributed by atoms with Crippen LogP contribution in [0.25, 0.3) is 10.8 Å². The fourth-order valence-electron chi connectivity index (χ4n) is 2.34. The molecule has 3 rings (SSSR count). The van der Waals surface area contributed by atoms with E-state index in [2.05, 4.69) is 0 Å². The molecule has 0 aliphatic rings. The topological polar surface area (TPSA) is 26.3 Å². The van der Waals surface area contributed by atoms with Crippen LogP contribution in [0.3, 0.4) is 0 Å². The normalized spacial score (nSPS) is 10.7. The molecule has 2 nitrogen and oxygen atoms in total. The van der Waals surface area contributed by atoms with Crippen LogP contribution in [0.15, 0.2) is 54.6 Å². The van der Waals surface area contributed by atoms with Crippen molar-refractivity contribution in [3.05, 3.63) is 77.4 Å². The molecule has 3 aromatic carbocycles. The van der Waals surface area contributed by atoms with Gasteiger partial charge in [-0.1, -0.05) is 18.2 Å². The summed E-state index contributed by atoms with van der Waals surface area (Å²) < 4.78 is 31.6. The van der Waals surface area contributed by atoms with Crippen molar-refractivity contribution in [2.75, 3.05) is 7.11 Å². The van der Waals surface area contributed by atoms with E-state index in [0.29, 0.717) is 5.56 Å². The highest BCUT2D eigenvalue weighted by atomic mass is 19.1. The Kier molecular flexibility index (Phi) is 3.59. The lowest BCUT2D eigenvalue weighted by Gasteiger charge is -2.06. The Hall–Kier alpha value is -2.75. The number of hydrogen-bond acceptors (Lipinski definition) is 2. The van der Waals surface area contributed by atoms with Crippen molar-refractivity contribution in [3.63, 3.8) is 0 Å². The number of rotatable bonds is 3. The molecule has 0 bridgehead atoms. The number of carbonyl (C=O) groups excluding carboxylic acids is 1. The van der Waals surface area contributed by atoms with E-state index in [1.807, 2.05) is 12.1 Å². The third-order valence-corrected chi connectivity index (χ3v) is 3.43. The minimum atomic E-state index is -0.770. The highest BCUT2D eigenvalue weighted by Gasteiger charge is 2.12. The molecule has 0 aromatic heterocycles. The van der Waals surface area contributed by atoms with Crippen LogP contribution in [0.1, 0.15) is 15.9 Å². The van der Waals surface area contributed by atoms with Crippen LogP contribution in [-0.4, -0.2) is 12.9 Å². The zero-order valence-electron chi connectivity index (χ0n) is 11.8. The summed E-state index contributed by atoms with van der Waals surface area (Å²) >= 11 is 0. The van der Waals surface area contributed by atoms with Crippen LogP contribution in [0.5, 0.6) is 5.75 Å². The second-order valence-electron chi connectivity index (χ2n) is 4.92. The predicted octanol–water partition coefficient (Wildman–Crippen LogP) is 4.36. The van der Waals surface area contributed by atoms with Crippen molar-refractivity contribution in [2.45, 2.75) is 0 Å². The van der Waals surface area contributed by atoms with Gasteiger partial charge in [-0.2, -0.15) is 0 Å². The maximum absolute atomic E-state index is 13.2. The number of fused-ring (bicyclic) bond motifs is 1. The summed E-state index contributed by atoms with van der Waals surface area (Å²) in [5.41, 5.74) is 0.369. The molecule has 0 fully saturated rings. The summed E-state index contributed by atoms with van der Waals surface area (Å²) in [6.45, 7) is 0. The molecule has 0 spiro atoms. The van der Waals surface area contributed by atoms with Crippen molar-refractivity contribution in [2.24, 2.45) is 0 Å². The number of carbonyl (C=O) groups is 1. The van der Waals surface area contributed by atoms with E-state index in [-0.39, 0.29) is 5.56 Å². The van der Waals surface area contributed by atoms with Crippen molar-refractivity contribution in [1.29, 1.82) is 0 Å². The minimum absolute atomic E-state index is 0.00892. The van der Waals surface area contributed by atoms with Crippen LogP contribution >= 0.6 is 0 Å². The first-order valence-electron chi connectivity index (χ1n) is 6.65. The van der Waals surface area contributed by atoms with Gasteiger partial charge in [0.15, 0.2) is 5.78 Å². The third kappa shape index (κ3) is 2.68. The number of hydrogen-bond donors (Lipinski definition) is 0. The van der Waals surface area contributed by atoms with Gasteiger partial charge in [-0.3, -0.25) is 4.79 Å². The molecule has 0 saturated carbocycles. The van der Waals surface area contributed by atoms with Crippen LogP contribution < -0.4 is 4.74 Å². The first-order chi connectivity index (χ1) is 10.6. The van der Waals surface area contributed by atoms with E-state index < -0.39 is 17.4 Å². The number of halogens is 2. The van der Waals surface area contributed by atoms with E-state index in [1.165, 1.54) is 0 Å². The molecule has 0 radical (unpaired) electrons. The molecular weight excluding hydrogens is 286 g/mol. The molecular formula is C18H12F2O2. The molecule has 0 heterocycles. The zero-order chi connectivity index (χ0) is 15.7. The quantitative estimate of drug-likeness (QED) is 0.672. The summed E-state index contributed by atoms with van der Waals surface area (Å²) in [4.78, 5) is 12.4. The molecule has 0 N–H and O–H groups in total. The smallest absolute Gasteiger partial charge is 0.193 e. The largest absolute Gasteiger partial charge is 0.497 e. The van der Waals surface area contributed by atoms with Crippen molar-refractivity contribution in [3.8, 4) is 5.75 Å². The van der Waals surface area contributed by atoms with Gasteiger partial charge in [0.1, 0.15) is 17.4 Å². The maximum Gasteiger partial charge on any atom is 0.193 e. The molecule has 110 valence electrons. The Morgan fingerprint density at radius 3 is 2.14 bits per heavy atom. The zero-order valence-corrected chi connectivity index (χ0v) is 11.8. The van der Waals surface area contributed by atoms with Crippen LogP contribution in [0.4, 0.5) is 8.78 Å². The van der Waals surface area contributed by atoms with Gasteiger partial charge in [0.25, 0.3) is 0 Å². The SMILES string of the molecule is COc1ccc2cc(C(=O)c3cc(F)cc(F)c3)ccc2c1. The van der Waals surface area contributed by atoms with Crippen LogP contribution in [0.2, 0.25) is 0 Å². The first kappa shape index (κ1) is 14.2. The lowest BCUT2D eigenvalue weighted by molar-refractivity contribution is 0.103. The molecule has 0 amide bonds. The van der Waals surface area contributed by atoms with Crippen molar-refractivity contribution < 1.29 is 18.3 Å². The minimum Gasteiger partial charge on any atom is -0.497 e. The van der Waals surface area contributed by atoms with Gasteiger partial charge in [-0.25, -0.2) is 8.78 Å². The van der Waals surface area contributed by atoms with Gasteiger partial charge < -0.3 is 4.74 Å². The second-order valence-corrected chi connectivity index (χ2v) is 4.92. The predicted molar refractivity (Wildman–Crippen MR) is 80.3 cm³/mol. The standard InChI is InChI=1S/C18H12F2O2/c1-22-17-5-4-11-6-13(3-2-12(11)9-17)18(21)14-7-15(19)10-16(20)8-14/h2-10H,1H3. The molecule has 0 atom stereocenters.